The van der Waals surface area contributed by atoms with Gasteiger partial charge in [-0.3, -0.25) is 0 Å². The van der Waals surface area contributed by atoms with Gasteiger partial charge in [-0.15, -0.1) is 0 Å². The molecule has 1 heterocycles. The van der Waals surface area contributed by atoms with Crippen molar-refractivity contribution in [3.63, 3.8) is 0 Å². The predicted octanol–water partition coefficient (Wildman–Crippen LogP) is 0.595. The Morgan fingerprint density at radius 1 is 1.33 bits per heavy atom. The van der Waals surface area contributed by atoms with Gasteiger partial charge in [0, 0.05) is 31.9 Å². The largest absolute Gasteiger partial charge is 0.478 e. The van der Waals surface area contributed by atoms with E-state index in [1.54, 1.807) is 0 Å². The SMILES string of the molecule is CCOc1cc(C)nc(N(C)CCOCCN)n1. The zero-order chi connectivity index (χ0) is 13.4. The summed E-state index contributed by atoms with van der Waals surface area (Å²) in [7, 11) is 1.93. The number of aromatic nitrogens is 2. The molecule has 0 bridgehead atoms. The van der Waals surface area contributed by atoms with E-state index >= 15 is 0 Å². The zero-order valence-corrected chi connectivity index (χ0v) is 11.3. The Kier molecular flexibility index (Phi) is 6.38. The molecule has 102 valence electrons. The quantitative estimate of drug-likeness (QED) is 0.685. The molecule has 2 N–H and O–H groups in total. The Morgan fingerprint density at radius 3 is 2.78 bits per heavy atom. The zero-order valence-electron chi connectivity index (χ0n) is 11.3. The fourth-order valence-corrected chi connectivity index (χ4v) is 1.40. The van der Waals surface area contributed by atoms with E-state index in [0.717, 1.165) is 12.2 Å². The van der Waals surface area contributed by atoms with Gasteiger partial charge in [-0.05, 0) is 13.8 Å². The molecule has 0 amide bonds. The molecule has 1 aromatic heterocycles. The minimum absolute atomic E-state index is 0.541. The van der Waals surface area contributed by atoms with Crippen molar-refractivity contribution in [3.8, 4) is 5.88 Å². The maximum absolute atomic E-state index is 5.39. The van der Waals surface area contributed by atoms with E-state index in [1.165, 1.54) is 0 Å². The van der Waals surface area contributed by atoms with Gasteiger partial charge in [0.1, 0.15) is 0 Å². The maximum atomic E-state index is 5.39. The number of anilines is 1. The number of aryl methyl sites for hydroxylation is 1. The lowest BCUT2D eigenvalue weighted by atomic mass is 10.4. The molecule has 0 aliphatic carbocycles. The summed E-state index contributed by atoms with van der Waals surface area (Å²) in [5, 5.41) is 0. The highest BCUT2D eigenvalue weighted by molar-refractivity contribution is 5.33. The lowest BCUT2D eigenvalue weighted by Gasteiger charge is -2.18. The van der Waals surface area contributed by atoms with Crippen molar-refractivity contribution in [2.24, 2.45) is 5.73 Å². The lowest BCUT2D eigenvalue weighted by molar-refractivity contribution is 0.148. The molecular weight excluding hydrogens is 232 g/mol. The average Bonchev–Trinajstić information content (AvgIpc) is 2.34. The summed E-state index contributed by atoms with van der Waals surface area (Å²) in [5.41, 5.74) is 6.24. The van der Waals surface area contributed by atoms with E-state index in [9.17, 15) is 0 Å². The summed E-state index contributed by atoms with van der Waals surface area (Å²) in [4.78, 5) is 10.6. The first-order valence-corrected chi connectivity index (χ1v) is 6.14. The minimum Gasteiger partial charge on any atom is -0.478 e. The van der Waals surface area contributed by atoms with E-state index in [4.69, 9.17) is 15.2 Å². The molecule has 18 heavy (non-hydrogen) atoms. The number of nitrogens with two attached hydrogens (primary N) is 1. The molecule has 0 saturated carbocycles. The Morgan fingerprint density at radius 2 is 2.11 bits per heavy atom. The maximum Gasteiger partial charge on any atom is 0.228 e. The molecule has 1 rings (SSSR count). The average molecular weight is 254 g/mol. The van der Waals surface area contributed by atoms with Crippen LogP contribution in [0.15, 0.2) is 6.07 Å². The molecule has 0 aliphatic heterocycles. The number of ether oxygens (including phenoxy) is 2. The van der Waals surface area contributed by atoms with Gasteiger partial charge in [-0.1, -0.05) is 0 Å². The molecule has 0 aromatic carbocycles. The van der Waals surface area contributed by atoms with Gasteiger partial charge < -0.3 is 20.1 Å². The van der Waals surface area contributed by atoms with Crippen molar-refractivity contribution in [2.75, 3.05) is 44.9 Å². The topological polar surface area (TPSA) is 73.5 Å². The first-order chi connectivity index (χ1) is 8.67. The van der Waals surface area contributed by atoms with Gasteiger partial charge >= 0.3 is 0 Å². The van der Waals surface area contributed by atoms with Crippen molar-refractivity contribution in [1.29, 1.82) is 0 Å². The summed E-state index contributed by atoms with van der Waals surface area (Å²) in [5.74, 6) is 1.25. The Bertz CT molecular complexity index is 360. The van der Waals surface area contributed by atoms with Crippen LogP contribution in [0.1, 0.15) is 12.6 Å². The van der Waals surface area contributed by atoms with Gasteiger partial charge in [0.2, 0.25) is 11.8 Å². The first-order valence-electron chi connectivity index (χ1n) is 6.14. The third kappa shape index (κ3) is 4.85. The smallest absolute Gasteiger partial charge is 0.228 e. The Balaban J connectivity index is 2.58. The van der Waals surface area contributed by atoms with Crippen LogP contribution in [-0.2, 0) is 4.74 Å². The predicted molar refractivity (Wildman–Crippen MR) is 71.1 cm³/mol. The van der Waals surface area contributed by atoms with Crippen LogP contribution in [-0.4, -0.2) is 49.9 Å². The second-order valence-electron chi connectivity index (χ2n) is 3.90. The van der Waals surface area contributed by atoms with Crippen molar-refractivity contribution in [3.05, 3.63) is 11.8 Å². The summed E-state index contributed by atoms with van der Waals surface area (Å²) < 4.78 is 10.7. The molecule has 0 aliphatic rings. The Hall–Kier alpha value is -1.40. The van der Waals surface area contributed by atoms with Crippen LogP contribution in [0.5, 0.6) is 5.88 Å². The number of rotatable bonds is 8. The standard InChI is InChI=1S/C12H22N4O2/c1-4-18-11-9-10(2)14-12(15-11)16(3)6-8-17-7-5-13/h9H,4-8,13H2,1-3H3. The lowest BCUT2D eigenvalue weighted by Crippen LogP contribution is -2.25. The van der Waals surface area contributed by atoms with E-state index in [0.29, 0.717) is 38.2 Å². The van der Waals surface area contributed by atoms with Crippen molar-refractivity contribution in [2.45, 2.75) is 13.8 Å². The van der Waals surface area contributed by atoms with Crippen LogP contribution in [0.4, 0.5) is 5.95 Å². The van der Waals surface area contributed by atoms with Gasteiger partial charge in [-0.2, -0.15) is 4.98 Å². The fourth-order valence-electron chi connectivity index (χ4n) is 1.40. The molecule has 0 unspecified atom stereocenters. The third-order valence-corrected chi connectivity index (χ3v) is 2.29. The van der Waals surface area contributed by atoms with Crippen molar-refractivity contribution >= 4 is 5.95 Å². The van der Waals surface area contributed by atoms with Crippen LogP contribution in [0.3, 0.4) is 0 Å². The number of likely N-dealkylation sites (N-methyl/N-ethyl adjacent to an activating group) is 1. The summed E-state index contributed by atoms with van der Waals surface area (Å²) in [6, 6.07) is 1.83. The van der Waals surface area contributed by atoms with Gasteiger partial charge in [0.25, 0.3) is 0 Å². The second-order valence-corrected chi connectivity index (χ2v) is 3.90. The molecule has 1 aromatic rings. The van der Waals surface area contributed by atoms with Crippen LogP contribution in [0, 0.1) is 6.92 Å². The second kappa shape index (κ2) is 7.84. The number of hydrogen-bond acceptors (Lipinski definition) is 6. The summed E-state index contributed by atoms with van der Waals surface area (Å²) >= 11 is 0. The minimum atomic E-state index is 0.541. The van der Waals surface area contributed by atoms with Gasteiger partial charge in [-0.25, -0.2) is 4.98 Å². The van der Waals surface area contributed by atoms with E-state index in [1.807, 2.05) is 31.9 Å². The summed E-state index contributed by atoms with van der Waals surface area (Å²) in [6.07, 6.45) is 0. The first kappa shape index (κ1) is 14.7. The number of nitrogens with zero attached hydrogens (tertiary/aromatic N) is 3. The normalized spacial score (nSPS) is 10.4. The molecule has 0 spiro atoms. The van der Waals surface area contributed by atoms with Crippen LogP contribution in [0.25, 0.3) is 0 Å². The highest BCUT2D eigenvalue weighted by atomic mass is 16.5. The van der Waals surface area contributed by atoms with E-state index in [-0.39, 0.29) is 0 Å². The molecule has 6 heteroatoms. The molecule has 6 nitrogen and oxygen atoms in total. The highest BCUT2D eigenvalue weighted by Crippen LogP contribution is 2.14. The molecule has 0 atom stereocenters. The van der Waals surface area contributed by atoms with Crippen molar-refractivity contribution in [1.82, 2.24) is 9.97 Å². The molecule has 0 radical (unpaired) electrons. The van der Waals surface area contributed by atoms with Crippen LogP contribution in [0.2, 0.25) is 0 Å². The molecule has 0 fully saturated rings. The summed E-state index contributed by atoms with van der Waals surface area (Å²) in [6.45, 7) is 6.89. The fraction of sp³-hybridized carbons (Fsp3) is 0.667. The highest BCUT2D eigenvalue weighted by Gasteiger charge is 2.07. The van der Waals surface area contributed by atoms with E-state index < -0.39 is 0 Å². The number of hydrogen-bond donors (Lipinski definition) is 1. The van der Waals surface area contributed by atoms with Gasteiger partial charge in [0.05, 0.1) is 19.8 Å². The third-order valence-electron chi connectivity index (χ3n) is 2.29. The van der Waals surface area contributed by atoms with Crippen molar-refractivity contribution < 1.29 is 9.47 Å². The molecule has 0 saturated heterocycles. The van der Waals surface area contributed by atoms with E-state index in [2.05, 4.69) is 9.97 Å². The monoisotopic (exact) mass is 254 g/mol. The molecular formula is C12H22N4O2. The van der Waals surface area contributed by atoms with Gasteiger partial charge in [0.15, 0.2) is 0 Å². The van der Waals surface area contributed by atoms with Crippen LogP contribution >= 0.6 is 0 Å². The Labute approximate surface area is 108 Å². The van der Waals surface area contributed by atoms with Crippen LogP contribution < -0.4 is 15.4 Å².